The molecule has 0 saturated carbocycles. The molecule has 0 aliphatic carbocycles. The van der Waals surface area contributed by atoms with Gasteiger partial charge in [-0.05, 0) is 61.9 Å². The SMILES string of the molecule is NC(=O)N[C@H]1C[C@H]2CC[C@@H](C1)N2CCc1ccc(Oc2nc3cccc(F)c3s2)cc1. The van der Waals surface area contributed by atoms with E-state index in [0.717, 1.165) is 25.8 Å². The number of rotatable bonds is 6. The molecule has 2 saturated heterocycles. The fourth-order valence-corrected chi connectivity index (χ4v) is 5.82. The maximum Gasteiger partial charge on any atom is 0.312 e. The van der Waals surface area contributed by atoms with Crippen molar-refractivity contribution in [2.24, 2.45) is 5.73 Å². The van der Waals surface area contributed by atoms with Gasteiger partial charge in [-0.2, -0.15) is 0 Å². The van der Waals surface area contributed by atoms with Crippen LogP contribution in [0.5, 0.6) is 10.9 Å². The average Bonchev–Trinajstić information content (AvgIpc) is 3.25. The molecule has 2 bridgehead atoms. The standard InChI is InChI=1S/C23H25FN4O2S/c24-19-2-1-3-20-21(19)31-23(27-20)30-18-8-4-14(5-9-18)10-11-28-16-6-7-17(28)13-15(12-16)26-22(25)29/h1-5,8-9,15-17H,6-7,10-13H2,(H3,25,26,29)/t15-,16+,17-. The van der Waals surface area contributed by atoms with Crippen molar-refractivity contribution in [3.8, 4) is 10.9 Å². The molecule has 3 atom stereocenters. The number of primary amides is 1. The Labute approximate surface area is 184 Å². The molecule has 2 aliphatic rings. The van der Waals surface area contributed by atoms with Gasteiger partial charge in [-0.3, -0.25) is 4.90 Å². The highest BCUT2D eigenvalue weighted by Crippen LogP contribution is 2.36. The lowest BCUT2D eigenvalue weighted by molar-refractivity contribution is 0.121. The highest BCUT2D eigenvalue weighted by Gasteiger charge is 2.40. The molecule has 2 fully saturated rings. The van der Waals surface area contributed by atoms with Gasteiger partial charge in [0.25, 0.3) is 5.19 Å². The second kappa shape index (κ2) is 8.43. The summed E-state index contributed by atoms with van der Waals surface area (Å²) in [7, 11) is 0. The molecule has 6 nitrogen and oxygen atoms in total. The third-order valence-electron chi connectivity index (χ3n) is 6.37. The lowest BCUT2D eigenvalue weighted by Gasteiger charge is -2.39. The fraction of sp³-hybridized carbons (Fsp3) is 0.391. The van der Waals surface area contributed by atoms with Crippen LogP contribution in [-0.4, -0.2) is 40.6 Å². The molecule has 0 spiro atoms. The molecule has 2 amide bonds. The smallest absolute Gasteiger partial charge is 0.312 e. The van der Waals surface area contributed by atoms with Crippen molar-refractivity contribution in [2.45, 2.75) is 50.2 Å². The second-order valence-corrected chi connectivity index (χ2v) is 9.33. The molecule has 1 aromatic heterocycles. The third-order valence-corrected chi connectivity index (χ3v) is 7.32. The van der Waals surface area contributed by atoms with Crippen LogP contribution in [-0.2, 0) is 6.42 Å². The summed E-state index contributed by atoms with van der Waals surface area (Å²) < 4.78 is 20.2. The number of hydrogen-bond donors (Lipinski definition) is 2. The van der Waals surface area contributed by atoms with Gasteiger partial charge >= 0.3 is 6.03 Å². The number of nitrogens with zero attached hydrogens (tertiary/aromatic N) is 2. The molecule has 5 rings (SSSR count). The van der Waals surface area contributed by atoms with E-state index >= 15 is 0 Å². The summed E-state index contributed by atoms with van der Waals surface area (Å²) in [6.07, 6.45) is 5.31. The molecular formula is C23H25FN4O2S. The minimum atomic E-state index is -0.420. The summed E-state index contributed by atoms with van der Waals surface area (Å²) in [4.78, 5) is 18.1. The molecule has 0 radical (unpaired) electrons. The zero-order chi connectivity index (χ0) is 21.4. The first kappa shape index (κ1) is 20.2. The highest BCUT2D eigenvalue weighted by atomic mass is 32.1. The molecule has 2 aromatic carbocycles. The molecule has 0 unspecified atom stereocenters. The summed E-state index contributed by atoms with van der Waals surface area (Å²) >= 11 is 1.21. The van der Waals surface area contributed by atoms with Crippen molar-refractivity contribution in [2.75, 3.05) is 6.54 Å². The fourth-order valence-electron chi connectivity index (χ4n) is 4.98. The van der Waals surface area contributed by atoms with E-state index < -0.39 is 6.03 Å². The monoisotopic (exact) mass is 440 g/mol. The number of carbonyl (C=O) groups is 1. The summed E-state index contributed by atoms with van der Waals surface area (Å²) in [5.74, 6) is 0.422. The third kappa shape index (κ3) is 4.36. The molecular weight excluding hydrogens is 415 g/mol. The van der Waals surface area contributed by atoms with Gasteiger partial charge in [-0.25, -0.2) is 14.2 Å². The van der Waals surface area contributed by atoms with E-state index in [4.69, 9.17) is 10.5 Å². The minimum Gasteiger partial charge on any atom is -0.431 e. The maximum absolute atomic E-state index is 13.9. The Bertz CT molecular complexity index is 1070. The number of fused-ring (bicyclic) bond motifs is 3. The summed E-state index contributed by atoms with van der Waals surface area (Å²) in [5, 5.41) is 3.33. The predicted octanol–water partition coefficient (Wildman–Crippen LogP) is 4.43. The van der Waals surface area contributed by atoms with E-state index in [1.807, 2.05) is 12.1 Å². The van der Waals surface area contributed by atoms with Gasteiger partial charge in [0.05, 0.1) is 10.2 Å². The van der Waals surface area contributed by atoms with Crippen LogP contribution in [0.3, 0.4) is 0 Å². The topological polar surface area (TPSA) is 80.5 Å². The number of halogens is 1. The Balaban J connectivity index is 1.17. The molecule has 162 valence electrons. The maximum atomic E-state index is 13.9. The van der Waals surface area contributed by atoms with Gasteiger partial charge in [0, 0.05) is 24.7 Å². The Hall–Kier alpha value is -2.71. The Morgan fingerprint density at radius 2 is 1.94 bits per heavy atom. The van der Waals surface area contributed by atoms with Gasteiger partial charge in [0.15, 0.2) is 0 Å². The number of ether oxygens (including phenoxy) is 1. The summed E-state index contributed by atoms with van der Waals surface area (Å²) in [5.41, 5.74) is 7.16. The van der Waals surface area contributed by atoms with Crippen molar-refractivity contribution in [1.82, 2.24) is 15.2 Å². The van der Waals surface area contributed by atoms with Crippen molar-refractivity contribution in [1.29, 1.82) is 0 Å². The highest BCUT2D eigenvalue weighted by molar-refractivity contribution is 7.20. The van der Waals surface area contributed by atoms with Crippen LogP contribution < -0.4 is 15.8 Å². The van der Waals surface area contributed by atoms with E-state index in [9.17, 15) is 9.18 Å². The number of carbonyl (C=O) groups excluding carboxylic acids is 1. The van der Waals surface area contributed by atoms with Gasteiger partial charge in [0.1, 0.15) is 11.6 Å². The van der Waals surface area contributed by atoms with Crippen molar-refractivity contribution in [3.05, 3.63) is 53.8 Å². The average molecular weight is 441 g/mol. The van der Waals surface area contributed by atoms with Crippen LogP contribution in [0.4, 0.5) is 9.18 Å². The number of urea groups is 1. The number of nitrogens with two attached hydrogens (primary N) is 1. The van der Waals surface area contributed by atoms with Crippen LogP contribution in [0.1, 0.15) is 31.2 Å². The minimum absolute atomic E-state index is 0.207. The lowest BCUT2D eigenvalue weighted by Crippen LogP contribution is -2.51. The van der Waals surface area contributed by atoms with E-state index in [1.165, 1.54) is 35.8 Å². The van der Waals surface area contributed by atoms with Crippen molar-refractivity contribution in [3.63, 3.8) is 0 Å². The first-order chi connectivity index (χ1) is 15.0. The van der Waals surface area contributed by atoms with Crippen LogP contribution in [0.2, 0.25) is 0 Å². The number of benzene rings is 2. The first-order valence-corrected chi connectivity index (χ1v) is 11.5. The van der Waals surface area contributed by atoms with Crippen molar-refractivity contribution >= 4 is 27.6 Å². The number of aromatic nitrogens is 1. The Morgan fingerprint density at radius 1 is 1.19 bits per heavy atom. The summed E-state index contributed by atoms with van der Waals surface area (Å²) in [6.45, 7) is 1.01. The number of amides is 2. The van der Waals surface area contributed by atoms with E-state index in [2.05, 4.69) is 27.3 Å². The summed E-state index contributed by atoms with van der Waals surface area (Å²) in [6, 6.07) is 13.7. The van der Waals surface area contributed by atoms with Gasteiger partial charge in [-0.1, -0.05) is 29.5 Å². The largest absolute Gasteiger partial charge is 0.431 e. The number of nitrogens with one attached hydrogen (secondary N) is 1. The Kier molecular flexibility index (Phi) is 5.50. The zero-order valence-electron chi connectivity index (χ0n) is 17.1. The quantitative estimate of drug-likeness (QED) is 0.594. The van der Waals surface area contributed by atoms with Crippen molar-refractivity contribution < 1.29 is 13.9 Å². The van der Waals surface area contributed by atoms with Gasteiger partial charge in [0.2, 0.25) is 0 Å². The number of hydrogen-bond acceptors (Lipinski definition) is 5. The van der Waals surface area contributed by atoms with E-state index in [0.29, 0.717) is 33.2 Å². The predicted molar refractivity (Wildman–Crippen MR) is 119 cm³/mol. The lowest BCUT2D eigenvalue weighted by atomic mass is 9.96. The van der Waals surface area contributed by atoms with E-state index in [1.54, 1.807) is 12.1 Å². The molecule has 3 N–H and O–H groups in total. The number of thiazole rings is 1. The molecule has 8 heteroatoms. The van der Waals surface area contributed by atoms with Crippen LogP contribution >= 0.6 is 11.3 Å². The normalized spacial score (nSPS) is 23.2. The van der Waals surface area contributed by atoms with Crippen LogP contribution in [0, 0.1) is 5.82 Å². The first-order valence-electron chi connectivity index (χ1n) is 10.7. The Morgan fingerprint density at radius 3 is 2.61 bits per heavy atom. The molecule has 2 aliphatic heterocycles. The molecule has 31 heavy (non-hydrogen) atoms. The second-order valence-electron chi connectivity index (χ2n) is 8.36. The van der Waals surface area contributed by atoms with Gasteiger partial charge < -0.3 is 15.8 Å². The van der Waals surface area contributed by atoms with Crippen LogP contribution in [0.15, 0.2) is 42.5 Å². The molecule has 3 aromatic rings. The van der Waals surface area contributed by atoms with E-state index in [-0.39, 0.29) is 11.9 Å². The van der Waals surface area contributed by atoms with Gasteiger partial charge in [-0.15, -0.1) is 0 Å². The van der Waals surface area contributed by atoms with Crippen LogP contribution in [0.25, 0.3) is 10.2 Å². The molecule has 3 heterocycles. The zero-order valence-corrected chi connectivity index (χ0v) is 17.9. The number of piperidine rings is 1.